The lowest BCUT2D eigenvalue weighted by Crippen LogP contribution is -2.29. The summed E-state index contributed by atoms with van der Waals surface area (Å²) in [7, 11) is 3.85. The van der Waals surface area contributed by atoms with E-state index in [2.05, 4.69) is 37.9 Å². The Morgan fingerprint density at radius 2 is 2.06 bits per heavy atom. The van der Waals surface area contributed by atoms with Crippen molar-refractivity contribution >= 4 is 0 Å². The lowest BCUT2D eigenvalue weighted by atomic mass is 9.89. The summed E-state index contributed by atoms with van der Waals surface area (Å²) in [6.45, 7) is 7.16. The van der Waals surface area contributed by atoms with E-state index in [1.54, 1.807) is 7.11 Å². The highest BCUT2D eigenvalue weighted by Crippen LogP contribution is 2.19. The minimum Gasteiger partial charge on any atom is -0.497 e. The molecular formula is C15H26N2O. The third kappa shape index (κ3) is 5.07. The lowest BCUT2D eigenvalue weighted by Gasteiger charge is -2.26. The number of nitrogens with zero attached hydrogens (tertiary/aromatic N) is 1. The van der Waals surface area contributed by atoms with Crippen LogP contribution in [0.15, 0.2) is 24.3 Å². The fourth-order valence-electron chi connectivity index (χ4n) is 1.76. The van der Waals surface area contributed by atoms with E-state index < -0.39 is 0 Å². The van der Waals surface area contributed by atoms with Gasteiger partial charge in [-0.05, 0) is 49.7 Å². The minimum absolute atomic E-state index is 0.225. The van der Waals surface area contributed by atoms with Crippen molar-refractivity contribution in [3.05, 3.63) is 29.8 Å². The Labute approximate surface area is 111 Å². The number of hydrogen-bond acceptors (Lipinski definition) is 3. The number of benzene rings is 1. The molecule has 0 saturated heterocycles. The Hall–Kier alpha value is -1.06. The summed E-state index contributed by atoms with van der Waals surface area (Å²) < 4.78 is 5.23. The van der Waals surface area contributed by atoms with E-state index in [1.165, 1.54) is 5.56 Å². The Morgan fingerprint density at radius 1 is 1.33 bits per heavy atom. The van der Waals surface area contributed by atoms with Crippen LogP contribution in [0, 0.1) is 5.41 Å². The van der Waals surface area contributed by atoms with E-state index in [9.17, 15) is 0 Å². The van der Waals surface area contributed by atoms with E-state index in [-0.39, 0.29) is 5.41 Å². The predicted molar refractivity (Wildman–Crippen MR) is 76.8 cm³/mol. The van der Waals surface area contributed by atoms with Gasteiger partial charge in [-0.1, -0.05) is 26.0 Å². The maximum atomic E-state index is 5.75. The minimum atomic E-state index is 0.225. The second-order valence-electron chi connectivity index (χ2n) is 5.71. The van der Waals surface area contributed by atoms with Gasteiger partial charge in [-0.15, -0.1) is 0 Å². The summed E-state index contributed by atoms with van der Waals surface area (Å²) in [5, 5.41) is 0. The normalized spacial score (nSPS) is 11.9. The zero-order valence-corrected chi connectivity index (χ0v) is 12.1. The smallest absolute Gasteiger partial charge is 0.119 e. The topological polar surface area (TPSA) is 38.5 Å². The molecule has 3 heteroatoms. The fraction of sp³-hybridized carbons (Fsp3) is 0.600. The summed E-state index contributed by atoms with van der Waals surface area (Å²) in [6.07, 6.45) is 1.12. The summed E-state index contributed by atoms with van der Waals surface area (Å²) >= 11 is 0. The van der Waals surface area contributed by atoms with Gasteiger partial charge < -0.3 is 15.4 Å². The zero-order chi connectivity index (χ0) is 13.6. The van der Waals surface area contributed by atoms with Gasteiger partial charge in [0.25, 0.3) is 0 Å². The molecule has 3 nitrogen and oxygen atoms in total. The lowest BCUT2D eigenvalue weighted by molar-refractivity contribution is 0.248. The Bertz CT molecular complexity index is 363. The van der Waals surface area contributed by atoms with Crippen molar-refractivity contribution in [3.63, 3.8) is 0 Å². The average molecular weight is 250 g/mol. The van der Waals surface area contributed by atoms with Gasteiger partial charge >= 0.3 is 0 Å². The molecule has 0 aliphatic heterocycles. The standard InChI is InChI=1S/C15H26N2O/c1-15(2,12-16)8-9-17(3)11-13-6-5-7-14(10-13)18-4/h5-7,10H,8-9,11-12,16H2,1-4H3. The molecule has 0 spiro atoms. The number of hydrogen-bond donors (Lipinski definition) is 1. The van der Waals surface area contributed by atoms with Gasteiger partial charge in [0.2, 0.25) is 0 Å². The first-order valence-electron chi connectivity index (χ1n) is 6.48. The first-order chi connectivity index (χ1) is 8.46. The molecule has 0 atom stereocenters. The van der Waals surface area contributed by atoms with Gasteiger partial charge in [-0.3, -0.25) is 0 Å². The number of nitrogens with two attached hydrogens (primary N) is 1. The van der Waals surface area contributed by atoms with Gasteiger partial charge in [-0.25, -0.2) is 0 Å². The molecule has 0 saturated carbocycles. The first-order valence-corrected chi connectivity index (χ1v) is 6.48. The molecule has 0 aliphatic rings. The molecule has 0 fully saturated rings. The zero-order valence-electron chi connectivity index (χ0n) is 12.1. The molecule has 0 aromatic heterocycles. The molecule has 102 valence electrons. The molecular weight excluding hydrogens is 224 g/mol. The van der Waals surface area contributed by atoms with Crippen LogP contribution in [0.2, 0.25) is 0 Å². The largest absolute Gasteiger partial charge is 0.497 e. The van der Waals surface area contributed by atoms with Crippen LogP contribution in [0.5, 0.6) is 5.75 Å². The van der Waals surface area contributed by atoms with Crippen LogP contribution in [-0.4, -0.2) is 32.1 Å². The molecule has 0 heterocycles. The van der Waals surface area contributed by atoms with Crippen LogP contribution in [0.1, 0.15) is 25.8 Å². The molecule has 0 unspecified atom stereocenters. The van der Waals surface area contributed by atoms with Crippen LogP contribution in [0.25, 0.3) is 0 Å². The third-order valence-corrected chi connectivity index (χ3v) is 3.31. The van der Waals surface area contributed by atoms with Crippen molar-refractivity contribution in [1.29, 1.82) is 0 Å². The average Bonchev–Trinajstić information content (AvgIpc) is 2.37. The molecule has 1 rings (SSSR count). The molecule has 0 aliphatic carbocycles. The van der Waals surface area contributed by atoms with Gasteiger partial charge in [-0.2, -0.15) is 0 Å². The molecule has 2 N–H and O–H groups in total. The fourth-order valence-corrected chi connectivity index (χ4v) is 1.76. The van der Waals surface area contributed by atoms with Crippen molar-refractivity contribution in [1.82, 2.24) is 4.90 Å². The number of rotatable bonds is 7. The maximum absolute atomic E-state index is 5.75. The molecule has 0 amide bonds. The number of methoxy groups -OCH3 is 1. The summed E-state index contributed by atoms with van der Waals surface area (Å²) in [6, 6.07) is 8.23. The highest BCUT2D eigenvalue weighted by Gasteiger charge is 2.16. The van der Waals surface area contributed by atoms with Crippen LogP contribution < -0.4 is 10.5 Å². The number of ether oxygens (including phenoxy) is 1. The van der Waals surface area contributed by atoms with Crippen LogP contribution >= 0.6 is 0 Å². The Kier molecular flexibility index (Phi) is 5.63. The van der Waals surface area contributed by atoms with Crippen LogP contribution in [0.3, 0.4) is 0 Å². The third-order valence-electron chi connectivity index (χ3n) is 3.31. The van der Waals surface area contributed by atoms with E-state index >= 15 is 0 Å². The maximum Gasteiger partial charge on any atom is 0.119 e. The van der Waals surface area contributed by atoms with Gasteiger partial charge in [0.1, 0.15) is 5.75 Å². The van der Waals surface area contributed by atoms with Gasteiger partial charge in [0.05, 0.1) is 7.11 Å². The Morgan fingerprint density at radius 3 is 2.67 bits per heavy atom. The molecule has 1 aromatic rings. The van der Waals surface area contributed by atoms with Crippen LogP contribution in [-0.2, 0) is 6.54 Å². The van der Waals surface area contributed by atoms with E-state index in [4.69, 9.17) is 10.5 Å². The van der Waals surface area contributed by atoms with Crippen molar-refractivity contribution in [2.45, 2.75) is 26.8 Å². The SMILES string of the molecule is COc1cccc(CN(C)CCC(C)(C)CN)c1. The summed E-state index contributed by atoms with van der Waals surface area (Å²) in [4.78, 5) is 2.33. The van der Waals surface area contributed by atoms with Crippen molar-refractivity contribution in [3.8, 4) is 5.75 Å². The van der Waals surface area contributed by atoms with Crippen molar-refractivity contribution < 1.29 is 4.74 Å². The summed E-state index contributed by atoms with van der Waals surface area (Å²) in [5.41, 5.74) is 7.25. The van der Waals surface area contributed by atoms with Crippen molar-refractivity contribution in [2.75, 3.05) is 27.2 Å². The molecule has 1 aromatic carbocycles. The Balaban J connectivity index is 2.46. The van der Waals surface area contributed by atoms with E-state index in [1.807, 2.05) is 12.1 Å². The predicted octanol–water partition coefficient (Wildman–Crippen LogP) is 2.50. The molecule has 0 bridgehead atoms. The highest BCUT2D eigenvalue weighted by molar-refractivity contribution is 5.28. The quantitative estimate of drug-likeness (QED) is 0.808. The summed E-state index contributed by atoms with van der Waals surface area (Å²) in [5.74, 6) is 0.920. The highest BCUT2D eigenvalue weighted by atomic mass is 16.5. The second kappa shape index (κ2) is 6.76. The molecule has 18 heavy (non-hydrogen) atoms. The van der Waals surface area contributed by atoms with Crippen molar-refractivity contribution in [2.24, 2.45) is 11.1 Å². The van der Waals surface area contributed by atoms with Gasteiger partial charge in [0, 0.05) is 6.54 Å². The molecule has 0 radical (unpaired) electrons. The second-order valence-corrected chi connectivity index (χ2v) is 5.71. The van der Waals surface area contributed by atoms with E-state index in [0.29, 0.717) is 0 Å². The van der Waals surface area contributed by atoms with Gasteiger partial charge in [0.15, 0.2) is 0 Å². The van der Waals surface area contributed by atoms with Crippen LogP contribution in [0.4, 0.5) is 0 Å². The monoisotopic (exact) mass is 250 g/mol. The van der Waals surface area contributed by atoms with E-state index in [0.717, 1.165) is 31.8 Å². The first kappa shape index (κ1) is 15.0.